The zero-order valence-electron chi connectivity index (χ0n) is 10.8. The van der Waals surface area contributed by atoms with Crippen molar-refractivity contribution in [2.45, 2.75) is 31.5 Å². The van der Waals surface area contributed by atoms with E-state index in [1.807, 2.05) is 49.9 Å². The van der Waals surface area contributed by atoms with Gasteiger partial charge in [0.1, 0.15) is 11.5 Å². The van der Waals surface area contributed by atoms with Gasteiger partial charge in [-0.15, -0.1) is 11.8 Å². The molecule has 0 aliphatic heterocycles. The first-order valence-electron chi connectivity index (χ1n) is 6.10. The minimum absolute atomic E-state index is 0.219. The van der Waals surface area contributed by atoms with Gasteiger partial charge in [-0.2, -0.15) is 0 Å². The number of ether oxygens (including phenoxy) is 1. The Morgan fingerprint density at radius 3 is 2.78 bits per heavy atom. The maximum absolute atomic E-state index is 5.68. The van der Waals surface area contributed by atoms with Gasteiger partial charge in [0.15, 0.2) is 0 Å². The minimum Gasteiger partial charge on any atom is -0.491 e. The number of thioether (sulfide) groups is 1. The molecule has 0 saturated carbocycles. The van der Waals surface area contributed by atoms with Crippen molar-refractivity contribution in [2.24, 2.45) is 0 Å². The van der Waals surface area contributed by atoms with Gasteiger partial charge in [-0.25, -0.2) is 0 Å². The van der Waals surface area contributed by atoms with Gasteiger partial charge >= 0.3 is 0 Å². The standard InChI is InChI=1S/C15H18O2S/c1-12(2)17-14-6-3-5-13(9-14)10-18-11-15-7-4-8-16-15/h3-9,12H,10-11H2,1-2H3. The second-order valence-corrected chi connectivity index (χ2v) is 5.37. The average Bonchev–Trinajstić information content (AvgIpc) is 2.82. The summed E-state index contributed by atoms with van der Waals surface area (Å²) >= 11 is 1.84. The maximum Gasteiger partial charge on any atom is 0.119 e. The third-order valence-corrected chi connectivity index (χ3v) is 3.39. The highest BCUT2D eigenvalue weighted by Gasteiger charge is 2.01. The Labute approximate surface area is 112 Å². The molecule has 0 atom stereocenters. The first kappa shape index (κ1) is 13.1. The molecule has 0 aliphatic rings. The summed E-state index contributed by atoms with van der Waals surface area (Å²) in [6.45, 7) is 4.08. The summed E-state index contributed by atoms with van der Waals surface area (Å²) in [7, 11) is 0. The molecular formula is C15H18O2S. The molecule has 0 radical (unpaired) electrons. The molecule has 0 bridgehead atoms. The zero-order chi connectivity index (χ0) is 12.8. The van der Waals surface area contributed by atoms with E-state index in [1.54, 1.807) is 6.26 Å². The molecular weight excluding hydrogens is 244 g/mol. The van der Waals surface area contributed by atoms with Crippen LogP contribution in [-0.4, -0.2) is 6.10 Å². The highest BCUT2D eigenvalue weighted by Crippen LogP contribution is 2.21. The molecule has 0 aliphatic carbocycles. The summed E-state index contributed by atoms with van der Waals surface area (Å²) in [4.78, 5) is 0. The van der Waals surface area contributed by atoms with Crippen molar-refractivity contribution in [3.8, 4) is 5.75 Å². The van der Waals surface area contributed by atoms with Crippen molar-refractivity contribution >= 4 is 11.8 Å². The van der Waals surface area contributed by atoms with Gasteiger partial charge < -0.3 is 9.15 Å². The lowest BCUT2D eigenvalue weighted by Crippen LogP contribution is -2.05. The van der Waals surface area contributed by atoms with Crippen molar-refractivity contribution in [2.75, 3.05) is 0 Å². The molecule has 2 nitrogen and oxygen atoms in total. The number of benzene rings is 1. The van der Waals surface area contributed by atoms with Gasteiger partial charge in [0.2, 0.25) is 0 Å². The Morgan fingerprint density at radius 2 is 2.06 bits per heavy atom. The van der Waals surface area contributed by atoms with E-state index < -0.39 is 0 Å². The van der Waals surface area contributed by atoms with Crippen molar-refractivity contribution in [1.29, 1.82) is 0 Å². The van der Waals surface area contributed by atoms with E-state index in [1.165, 1.54) is 5.56 Å². The first-order chi connectivity index (χ1) is 8.74. The van der Waals surface area contributed by atoms with Crippen molar-refractivity contribution in [3.05, 3.63) is 54.0 Å². The van der Waals surface area contributed by atoms with Crippen LogP contribution in [0.2, 0.25) is 0 Å². The summed E-state index contributed by atoms with van der Waals surface area (Å²) in [5, 5.41) is 0. The average molecular weight is 262 g/mol. The predicted molar refractivity (Wildman–Crippen MR) is 75.9 cm³/mol. The van der Waals surface area contributed by atoms with Crippen LogP contribution in [0.1, 0.15) is 25.2 Å². The summed E-state index contributed by atoms with van der Waals surface area (Å²) in [6.07, 6.45) is 1.93. The van der Waals surface area contributed by atoms with E-state index in [0.29, 0.717) is 0 Å². The first-order valence-corrected chi connectivity index (χ1v) is 7.25. The van der Waals surface area contributed by atoms with E-state index in [4.69, 9.17) is 9.15 Å². The Balaban J connectivity index is 1.85. The molecule has 1 heterocycles. The summed E-state index contributed by atoms with van der Waals surface area (Å²) in [5.41, 5.74) is 1.28. The highest BCUT2D eigenvalue weighted by molar-refractivity contribution is 7.97. The van der Waals surface area contributed by atoms with Crippen LogP contribution in [0.5, 0.6) is 5.75 Å². The van der Waals surface area contributed by atoms with Crippen molar-refractivity contribution in [3.63, 3.8) is 0 Å². The Hall–Kier alpha value is -1.35. The predicted octanol–water partition coefficient (Wildman–Crippen LogP) is 4.50. The van der Waals surface area contributed by atoms with Gasteiger partial charge in [-0.05, 0) is 43.7 Å². The molecule has 0 fully saturated rings. The maximum atomic E-state index is 5.68. The number of furan rings is 1. The van der Waals surface area contributed by atoms with E-state index >= 15 is 0 Å². The summed E-state index contributed by atoms with van der Waals surface area (Å²) in [5.74, 6) is 3.84. The minimum atomic E-state index is 0.219. The molecule has 0 unspecified atom stereocenters. The van der Waals surface area contributed by atoms with Gasteiger partial charge in [-0.1, -0.05) is 12.1 Å². The highest BCUT2D eigenvalue weighted by atomic mass is 32.2. The topological polar surface area (TPSA) is 22.4 Å². The molecule has 1 aromatic carbocycles. The van der Waals surface area contributed by atoms with Crippen LogP contribution in [-0.2, 0) is 11.5 Å². The molecule has 96 valence electrons. The van der Waals surface area contributed by atoms with Crippen LogP contribution >= 0.6 is 11.8 Å². The zero-order valence-corrected chi connectivity index (χ0v) is 11.6. The van der Waals surface area contributed by atoms with Crippen LogP contribution in [0.3, 0.4) is 0 Å². The van der Waals surface area contributed by atoms with E-state index in [0.717, 1.165) is 23.0 Å². The molecule has 18 heavy (non-hydrogen) atoms. The van der Waals surface area contributed by atoms with Gasteiger partial charge in [0.05, 0.1) is 18.1 Å². The normalized spacial score (nSPS) is 10.8. The lowest BCUT2D eigenvalue weighted by atomic mass is 10.2. The van der Waals surface area contributed by atoms with E-state index in [-0.39, 0.29) is 6.10 Å². The van der Waals surface area contributed by atoms with E-state index in [9.17, 15) is 0 Å². The van der Waals surface area contributed by atoms with Crippen LogP contribution in [0, 0.1) is 0 Å². The Bertz CT molecular complexity index is 463. The lowest BCUT2D eigenvalue weighted by Gasteiger charge is -2.10. The monoisotopic (exact) mass is 262 g/mol. The van der Waals surface area contributed by atoms with Gasteiger partial charge in [0.25, 0.3) is 0 Å². The number of rotatable bonds is 6. The lowest BCUT2D eigenvalue weighted by molar-refractivity contribution is 0.242. The van der Waals surface area contributed by atoms with Gasteiger partial charge in [0, 0.05) is 5.75 Å². The second-order valence-electron chi connectivity index (χ2n) is 4.39. The van der Waals surface area contributed by atoms with Crippen LogP contribution in [0.25, 0.3) is 0 Å². The molecule has 3 heteroatoms. The number of hydrogen-bond donors (Lipinski definition) is 0. The fourth-order valence-electron chi connectivity index (χ4n) is 1.64. The number of hydrogen-bond acceptors (Lipinski definition) is 3. The van der Waals surface area contributed by atoms with Crippen molar-refractivity contribution in [1.82, 2.24) is 0 Å². The van der Waals surface area contributed by atoms with Crippen molar-refractivity contribution < 1.29 is 9.15 Å². The molecule has 0 amide bonds. The molecule has 2 rings (SSSR count). The molecule has 1 aromatic heterocycles. The van der Waals surface area contributed by atoms with Crippen LogP contribution in [0.15, 0.2) is 47.1 Å². The van der Waals surface area contributed by atoms with Crippen LogP contribution < -0.4 is 4.74 Å². The summed E-state index contributed by atoms with van der Waals surface area (Å²) < 4.78 is 11.0. The van der Waals surface area contributed by atoms with Crippen LogP contribution in [0.4, 0.5) is 0 Å². The quantitative estimate of drug-likeness (QED) is 0.765. The largest absolute Gasteiger partial charge is 0.491 e. The van der Waals surface area contributed by atoms with Gasteiger partial charge in [-0.3, -0.25) is 0 Å². The molecule has 2 aromatic rings. The SMILES string of the molecule is CC(C)Oc1cccc(CSCc2ccco2)c1. The molecule has 0 N–H and O–H groups in total. The van der Waals surface area contributed by atoms with E-state index in [2.05, 4.69) is 12.1 Å². The third-order valence-electron chi connectivity index (χ3n) is 2.36. The second kappa shape index (κ2) is 6.55. The smallest absolute Gasteiger partial charge is 0.119 e. The molecule has 0 saturated heterocycles. The fraction of sp³-hybridized carbons (Fsp3) is 0.333. The Kier molecular flexibility index (Phi) is 4.76. The Morgan fingerprint density at radius 1 is 1.17 bits per heavy atom. The summed E-state index contributed by atoms with van der Waals surface area (Å²) in [6, 6.07) is 12.2. The fourth-order valence-corrected chi connectivity index (χ4v) is 2.53. The third kappa shape index (κ3) is 4.15. The molecule has 0 spiro atoms.